The average Bonchev–Trinajstić information content (AvgIpc) is 3.26. The number of aromatic nitrogens is 4. The van der Waals surface area contributed by atoms with E-state index in [2.05, 4.69) is 32.4 Å². The number of aliphatic imine (C=N–C) groups is 1. The zero-order valence-corrected chi connectivity index (χ0v) is 18.8. The van der Waals surface area contributed by atoms with Gasteiger partial charge in [-0.05, 0) is 30.2 Å². The van der Waals surface area contributed by atoms with Crippen LogP contribution in [0.1, 0.15) is 24.1 Å². The van der Waals surface area contributed by atoms with Crippen molar-refractivity contribution in [1.82, 2.24) is 19.7 Å². The average molecular weight is 455 g/mol. The van der Waals surface area contributed by atoms with Crippen molar-refractivity contribution in [2.45, 2.75) is 23.9 Å². The van der Waals surface area contributed by atoms with E-state index in [1.165, 1.54) is 5.56 Å². The van der Waals surface area contributed by atoms with Crippen molar-refractivity contribution in [3.63, 3.8) is 0 Å². The van der Waals surface area contributed by atoms with E-state index in [4.69, 9.17) is 5.10 Å². The number of rotatable bonds is 6. The number of benzene rings is 2. The Labute approximate surface area is 196 Å². The molecule has 2 aromatic heterocycles. The first kappa shape index (κ1) is 21.1. The molecular weight excluding hydrogens is 432 g/mol. The van der Waals surface area contributed by atoms with Crippen LogP contribution in [0.2, 0.25) is 0 Å². The van der Waals surface area contributed by atoms with E-state index in [-0.39, 0.29) is 11.9 Å². The second kappa shape index (κ2) is 9.38. The molecule has 164 valence electrons. The van der Waals surface area contributed by atoms with Gasteiger partial charge in [-0.2, -0.15) is 4.98 Å². The predicted molar refractivity (Wildman–Crippen MR) is 130 cm³/mol. The maximum Gasteiger partial charge on any atom is 0.249 e. The molecule has 0 aliphatic carbocycles. The van der Waals surface area contributed by atoms with E-state index < -0.39 is 5.92 Å². The molecule has 0 radical (unpaired) electrons. The Hall–Kier alpha value is -3.78. The highest BCUT2D eigenvalue weighted by Gasteiger charge is 2.39. The van der Waals surface area contributed by atoms with Crippen molar-refractivity contribution in [3.05, 3.63) is 96.3 Å². The van der Waals surface area contributed by atoms with Crippen LogP contribution < -0.4 is 5.32 Å². The van der Waals surface area contributed by atoms with E-state index in [1.807, 2.05) is 61.5 Å². The highest BCUT2D eigenvalue weighted by molar-refractivity contribution is 7.98. The summed E-state index contributed by atoms with van der Waals surface area (Å²) in [6.45, 7) is 1.87. The van der Waals surface area contributed by atoms with E-state index >= 15 is 0 Å². The van der Waals surface area contributed by atoms with Gasteiger partial charge >= 0.3 is 0 Å². The lowest BCUT2D eigenvalue weighted by Crippen LogP contribution is -2.39. The number of anilines is 1. The number of amides is 1. The van der Waals surface area contributed by atoms with Crippen molar-refractivity contribution < 1.29 is 4.79 Å². The molecule has 3 heterocycles. The van der Waals surface area contributed by atoms with Crippen molar-refractivity contribution in [1.29, 1.82) is 0 Å². The molecule has 1 N–H and O–H groups in total. The Bertz CT molecular complexity index is 1270. The molecule has 0 saturated carbocycles. The summed E-state index contributed by atoms with van der Waals surface area (Å²) in [6, 6.07) is 23.4. The molecule has 2 unspecified atom stereocenters. The smallest absolute Gasteiger partial charge is 0.249 e. The Kier molecular flexibility index (Phi) is 5.99. The van der Waals surface area contributed by atoms with Crippen LogP contribution in [-0.2, 0) is 10.5 Å². The summed E-state index contributed by atoms with van der Waals surface area (Å²) in [6.07, 6.45) is 3.30. The number of thioether (sulfide) groups is 1. The van der Waals surface area contributed by atoms with Crippen LogP contribution in [0, 0.1) is 5.92 Å². The second-order valence-electron chi connectivity index (χ2n) is 7.73. The molecule has 8 heteroatoms. The third kappa shape index (κ3) is 4.56. The van der Waals surface area contributed by atoms with Crippen molar-refractivity contribution >= 4 is 35.0 Å². The maximum atomic E-state index is 13.4. The molecule has 0 saturated heterocycles. The minimum absolute atomic E-state index is 0.155. The third-order valence-corrected chi connectivity index (χ3v) is 6.37. The number of fused-ring (bicyclic) bond motifs is 1. The van der Waals surface area contributed by atoms with Crippen LogP contribution in [0.15, 0.2) is 95.3 Å². The summed E-state index contributed by atoms with van der Waals surface area (Å²) < 4.78 is 1.78. The zero-order valence-electron chi connectivity index (χ0n) is 18.0. The molecular formula is C25H22N6OS. The van der Waals surface area contributed by atoms with Crippen LogP contribution in [0.3, 0.4) is 0 Å². The summed E-state index contributed by atoms with van der Waals surface area (Å²) in [5.74, 6) is 0.586. The number of carbonyl (C=O) groups excluding carboxylic acids is 1. The number of hydrogen-bond donors (Lipinski definition) is 1. The fourth-order valence-electron chi connectivity index (χ4n) is 3.91. The molecule has 5 rings (SSSR count). The van der Waals surface area contributed by atoms with Crippen LogP contribution in [-0.4, -0.2) is 31.4 Å². The number of carbonyl (C=O) groups is 1. The van der Waals surface area contributed by atoms with E-state index in [0.29, 0.717) is 22.5 Å². The molecule has 2 atom stereocenters. The largest absolute Gasteiger partial charge is 0.324 e. The van der Waals surface area contributed by atoms with Gasteiger partial charge in [0.25, 0.3) is 0 Å². The number of nitrogens with zero attached hydrogens (tertiary/aromatic N) is 5. The van der Waals surface area contributed by atoms with E-state index in [0.717, 1.165) is 11.3 Å². The van der Waals surface area contributed by atoms with Gasteiger partial charge < -0.3 is 5.32 Å². The summed E-state index contributed by atoms with van der Waals surface area (Å²) in [5.41, 5.74) is 3.52. The lowest BCUT2D eigenvalue weighted by molar-refractivity contribution is -0.118. The Balaban J connectivity index is 1.48. The number of hydrogen-bond acceptors (Lipinski definition) is 6. The van der Waals surface area contributed by atoms with Crippen LogP contribution in [0.25, 0.3) is 0 Å². The number of nitrogens with one attached hydrogen (secondary N) is 1. The molecule has 0 bridgehead atoms. The summed E-state index contributed by atoms with van der Waals surface area (Å²) >= 11 is 1.56. The fourth-order valence-corrected chi connectivity index (χ4v) is 4.69. The van der Waals surface area contributed by atoms with Gasteiger partial charge in [-0.15, -0.1) is 5.10 Å². The van der Waals surface area contributed by atoms with Crippen LogP contribution in [0.4, 0.5) is 11.6 Å². The van der Waals surface area contributed by atoms with Gasteiger partial charge in [0, 0.05) is 17.7 Å². The first-order chi connectivity index (χ1) is 16.2. The topological polar surface area (TPSA) is 85.1 Å². The molecule has 1 amide bonds. The first-order valence-corrected chi connectivity index (χ1v) is 11.6. The minimum atomic E-state index is -0.534. The second-order valence-corrected chi connectivity index (χ2v) is 8.67. The zero-order chi connectivity index (χ0) is 22.6. The molecule has 33 heavy (non-hydrogen) atoms. The first-order valence-electron chi connectivity index (χ1n) is 10.6. The van der Waals surface area contributed by atoms with Crippen LogP contribution in [0.5, 0.6) is 0 Å². The standard InChI is InChI=1S/C25H22N6OS/c1-17-21(23(32)28-20-13-8-14-26-15-20)22(19-11-6-3-7-12-19)31-24(27-17)29-25(30-31)33-16-18-9-4-2-5-10-18/h2-15,21-22H,16H2,1H3,(H,28,32). The molecule has 1 aliphatic heterocycles. The van der Waals surface area contributed by atoms with Crippen molar-refractivity contribution in [2.24, 2.45) is 10.9 Å². The molecule has 7 nitrogen and oxygen atoms in total. The summed E-state index contributed by atoms with van der Waals surface area (Å²) in [4.78, 5) is 26.8. The van der Waals surface area contributed by atoms with Gasteiger partial charge in [-0.3, -0.25) is 9.78 Å². The lowest BCUT2D eigenvalue weighted by Gasteiger charge is -2.30. The highest BCUT2D eigenvalue weighted by Crippen LogP contribution is 2.37. The molecule has 2 aromatic carbocycles. The van der Waals surface area contributed by atoms with Gasteiger partial charge in [0.15, 0.2) is 0 Å². The van der Waals surface area contributed by atoms with Crippen molar-refractivity contribution in [3.8, 4) is 0 Å². The summed E-state index contributed by atoms with van der Waals surface area (Å²) in [7, 11) is 0. The Morgan fingerprint density at radius 2 is 1.79 bits per heavy atom. The summed E-state index contributed by atoms with van der Waals surface area (Å²) in [5, 5.41) is 8.38. The third-order valence-electron chi connectivity index (χ3n) is 5.46. The minimum Gasteiger partial charge on any atom is -0.324 e. The predicted octanol–water partition coefficient (Wildman–Crippen LogP) is 4.92. The molecule has 0 fully saturated rings. The maximum absolute atomic E-state index is 13.4. The van der Waals surface area contributed by atoms with E-state index in [1.54, 1.807) is 34.9 Å². The molecule has 4 aromatic rings. The van der Waals surface area contributed by atoms with Gasteiger partial charge in [0.2, 0.25) is 17.0 Å². The SMILES string of the molecule is CC1=Nc2nc(SCc3ccccc3)nn2C(c2ccccc2)C1C(=O)Nc1cccnc1. The van der Waals surface area contributed by atoms with Gasteiger partial charge in [-0.1, -0.05) is 72.4 Å². The molecule has 1 aliphatic rings. The quantitative estimate of drug-likeness (QED) is 0.418. The van der Waals surface area contributed by atoms with Gasteiger partial charge in [-0.25, -0.2) is 9.67 Å². The van der Waals surface area contributed by atoms with Crippen LogP contribution >= 0.6 is 11.8 Å². The Morgan fingerprint density at radius 3 is 2.52 bits per heavy atom. The Morgan fingerprint density at radius 1 is 1.03 bits per heavy atom. The number of pyridine rings is 1. The fraction of sp³-hybridized carbons (Fsp3) is 0.160. The highest BCUT2D eigenvalue weighted by atomic mass is 32.2. The normalized spacial score (nSPS) is 17.2. The van der Waals surface area contributed by atoms with E-state index in [9.17, 15) is 4.79 Å². The monoisotopic (exact) mass is 454 g/mol. The lowest BCUT2D eigenvalue weighted by atomic mass is 9.87. The van der Waals surface area contributed by atoms with Crippen molar-refractivity contribution in [2.75, 3.05) is 5.32 Å². The van der Waals surface area contributed by atoms with Gasteiger partial charge in [0.1, 0.15) is 5.92 Å². The van der Waals surface area contributed by atoms with Gasteiger partial charge in [0.05, 0.1) is 17.9 Å². The molecule has 0 spiro atoms.